The van der Waals surface area contributed by atoms with Crippen molar-refractivity contribution in [3.63, 3.8) is 0 Å². The van der Waals surface area contributed by atoms with Crippen LogP contribution in [0.3, 0.4) is 0 Å². The molecule has 0 aliphatic carbocycles. The Morgan fingerprint density at radius 2 is 1.96 bits per heavy atom. The van der Waals surface area contributed by atoms with Gasteiger partial charge in [0.05, 0.1) is 16.2 Å². The number of para-hydroxylation sites is 1. The van der Waals surface area contributed by atoms with Crippen molar-refractivity contribution in [2.24, 2.45) is 7.05 Å². The lowest BCUT2D eigenvalue weighted by atomic mass is 10.1. The number of amides is 1. The quantitative estimate of drug-likeness (QED) is 0.693. The minimum Gasteiger partial charge on any atom is -0.320 e. The van der Waals surface area contributed by atoms with Crippen LogP contribution in [0.2, 0.25) is 0 Å². The van der Waals surface area contributed by atoms with Crippen LogP contribution in [-0.2, 0) is 13.2 Å². The van der Waals surface area contributed by atoms with Crippen LogP contribution in [0.1, 0.15) is 21.7 Å². The van der Waals surface area contributed by atoms with Crippen LogP contribution >= 0.6 is 0 Å². The number of nitrogens with zero attached hydrogens (tertiary/aromatic N) is 3. The Morgan fingerprint density at radius 3 is 2.52 bits per heavy atom. The highest BCUT2D eigenvalue weighted by atomic mass is 19.4. The molecule has 1 aromatic carbocycles. The van der Waals surface area contributed by atoms with E-state index in [9.17, 15) is 28.1 Å². The van der Waals surface area contributed by atoms with Gasteiger partial charge in [-0.3, -0.25) is 19.6 Å². The number of aromatic nitrogens is 2. The fourth-order valence-corrected chi connectivity index (χ4v) is 1.99. The summed E-state index contributed by atoms with van der Waals surface area (Å²) >= 11 is 0. The second-order valence-electron chi connectivity index (χ2n) is 4.66. The van der Waals surface area contributed by atoms with E-state index in [1.807, 2.05) is 5.32 Å². The first-order valence-corrected chi connectivity index (χ1v) is 6.28. The molecular weight excluding hydrogens is 317 g/mol. The molecule has 0 fully saturated rings. The van der Waals surface area contributed by atoms with E-state index in [2.05, 4.69) is 5.10 Å². The largest absolute Gasteiger partial charge is 0.418 e. The van der Waals surface area contributed by atoms with Crippen molar-refractivity contribution in [1.82, 2.24) is 9.78 Å². The first-order valence-electron chi connectivity index (χ1n) is 6.28. The number of nitrogens with one attached hydrogen (secondary N) is 1. The Hall–Kier alpha value is -2.91. The zero-order valence-corrected chi connectivity index (χ0v) is 12.0. The third-order valence-electron chi connectivity index (χ3n) is 3.18. The Morgan fingerprint density at radius 1 is 1.35 bits per heavy atom. The van der Waals surface area contributed by atoms with Crippen LogP contribution < -0.4 is 5.32 Å². The molecule has 0 unspecified atom stereocenters. The van der Waals surface area contributed by atoms with E-state index in [0.29, 0.717) is 0 Å². The predicted molar refractivity (Wildman–Crippen MR) is 74.0 cm³/mol. The van der Waals surface area contributed by atoms with Crippen LogP contribution in [0.25, 0.3) is 0 Å². The summed E-state index contributed by atoms with van der Waals surface area (Å²) in [5.41, 5.74) is -2.53. The molecule has 0 spiro atoms. The molecule has 10 heteroatoms. The summed E-state index contributed by atoms with van der Waals surface area (Å²) in [4.78, 5) is 22.4. The first kappa shape index (κ1) is 16.5. The third-order valence-corrected chi connectivity index (χ3v) is 3.18. The zero-order valence-electron chi connectivity index (χ0n) is 12.0. The van der Waals surface area contributed by atoms with Gasteiger partial charge in [-0.05, 0) is 19.1 Å². The second kappa shape index (κ2) is 5.71. The van der Waals surface area contributed by atoms with E-state index in [1.54, 1.807) is 0 Å². The number of halogens is 3. The molecule has 1 N–H and O–H groups in total. The van der Waals surface area contributed by atoms with Gasteiger partial charge in [0.2, 0.25) is 5.69 Å². The number of rotatable bonds is 3. The predicted octanol–water partition coefficient (Wildman–Crippen LogP) is 2.91. The van der Waals surface area contributed by atoms with Gasteiger partial charge in [0, 0.05) is 7.05 Å². The molecule has 0 bridgehead atoms. The average molecular weight is 328 g/mol. The molecule has 1 aromatic heterocycles. The molecule has 1 heterocycles. The second-order valence-corrected chi connectivity index (χ2v) is 4.66. The van der Waals surface area contributed by atoms with Crippen molar-refractivity contribution >= 4 is 17.3 Å². The number of alkyl halides is 3. The number of benzene rings is 1. The average Bonchev–Trinajstić information content (AvgIpc) is 2.74. The lowest BCUT2D eigenvalue weighted by Crippen LogP contribution is -2.18. The maximum atomic E-state index is 12.9. The summed E-state index contributed by atoms with van der Waals surface area (Å²) in [6.45, 7) is 1.38. The van der Waals surface area contributed by atoms with Gasteiger partial charge in [0.15, 0.2) is 0 Å². The summed E-state index contributed by atoms with van der Waals surface area (Å²) in [5.74, 6) is -1.09. The van der Waals surface area contributed by atoms with Gasteiger partial charge in [-0.25, -0.2) is 0 Å². The van der Waals surface area contributed by atoms with Crippen molar-refractivity contribution in [2.45, 2.75) is 13.1 Å². The van der Waals surface area contributed by atoms with Crippen molar-refractivity contribution in [1.29, 1.82) is 0 Å². The topological polar surface area (TPSA) is 90.1 Å². The molecule has 0 saturated carbocycles. The highest BCUT2D eigenvalue weighted by molar-refractivity contribution is 6.06. The molecule has 0 radical (unpaired) electrons. The maximum Gasteiger partial charge on any atom is 0.418 e. The lowest BCUT2D eigenvalue weighted by molar-refractivity contribution is -0.385. The van der Waals surface area contributed by atoms with Crippen molar-refractivity contribution in [2.75, 3.05) is 5.32 Å². The van der Waals surface area contributed by atoms with E-state index in [1.165, 1.54) is 26.1 Å². The van der Waals surface area contributed by atoms with E-state index >= 15 is 0 Å². The normalized spacial score (nSPS) is 11.3. The van der Waals surface area contributed by atoms with Gasteiger partial charge in [-0.1, -0.05) is 12.1 Å². The number of nitro groups is 1. The van der Waals surface area contributed by atoms with E-state index in [4.69, 9.17) is 0 Å². The molecule has 0 atom stereocenters. The van der Waals surface area contributed by atoms with Gasteiger partial charge >= 0.3 is 11.9 Å². The summed E-state index contributed by atoms with van der Waals surface area (Å²) in [7, 11) is 1.39. The lowest BCUT2D eigenvalue weighted by Gasteiger charge is -2.12. The van der Waals surface area contributed by atoms with E-state index in [0.717, 1.165) is 16.8 Å². The molecule has 2 rings (SSSR count). The minimum atomic E-state index is -4.67. The molecule has 1 amide bonds. The SMILES string of the molecule is Cc1c([N+](=O)[O-])c(C(=O)Nc2ccccc2C(F)(F)F)nn1C. The van der Waals surface area contributed by atoms with E-state index < -0.39 is 39.6 Å². The number of aryl methyl sites for hydroxylation is 1. The third kappa shape index (κ3) is 3.15. The van der Waals surface area contributed by atoms with Crippen LogP contribution in [0, 0.1) is 17.0 Å². The molecule has 122 valence electrons. The summed E-state index contributed by atoms with van der Waals surface area (Å²) < 4.78 is 39.8. The number of carbonyl (C=O) groups excluding carboxylic acids is 1. The molecule has 23 heavy (non-hydrogen) atoms. The fourth-order valence-electron chi connectivity index (χ4n) is 1.99. The minimum absolute atomic E-state index is 0.115. The summed E-state index contributed by atoms with van der Waals surface area (Å²) in [6.07, 6.45) is -4.67. The van der Waals surface area contributed by atoms with Gasteiger partial charge < -0.3 is 5.32 Å². The van der Waals surface area contributed by atoms with Gasteiger partial charge in [-0.2, -0.15) is 18.3 Å². The molecular formula is C13H11F3N4O3. The van der Waals surface area contributed by atoms with Gasteiger partial charge in [0.25, 0.3) is 5.91 Å². The molecule has 0 aliphatic rings. The van der Waals surface area contributed by atoms with Crippen LogP contribution in [0.4, 0.5) is 24.5 Å². The Bertz CT molecular complexity index is 783. The maximum absolute atomic E-state index is 12.9. The molecule has 0 aliphatic heterocycles. The summed E-state index contributed by atoms with van der Waals surface area (Å²) in [5, 5.41) is 16.8. The Balaban J connectivity index is 2.42. The molecule has 0 saturated heterocycles. The number of hydrogen-bond acceptors (Lipinski definition) is 4. The number of hydrogen-bond donors (Lipinski definition) is 1. The zero-order chi connectivity index (χ0) is 17.4. The molecule has 2 aromatic rings. The Kier molecular flexibility index (Phi) is 4.08. The van der Waals surface area contributed by atoms with Crippen LogP contribution in [-0.4, -0.2) is 20.6 Å². The van der Waals surface area contributed by atoms with Gasteiger partial charge in [-0.15, -0.1) is 0 Å². The first-order chi connectivity index (χ1) is 10.6. The Labute approximate surface area is 127 Å². The highest BCUT2D eigenvalue weighted by Crippen LogP contribution is 2.35. The number of carbonyl (C=O) groups is 1. The monoisotopic (exact) mass is 328 g/mol. The van der Waals surface area contributed by atoms with Crippen molar-refractivity contribution in [3.8, 4) is 0 Å². The summed E-state index contributed by atoms with van der Waals surface area (Å²) in [6, 6.07) is 4.34. The van der Waals surface area contributed by atoms with Crippen LogP contribution in [0.15, 0.2) is 24.3 Å². The van der Waals surface area contributed by atoms with Crippen molar-refractivity contribution in [3.05, 3.63) is 51.3 Å². The smallest absolute Gasteiger partial charge is 0.320 e. The van der Waals surface area contributed by atoms with E-state index in [-0.39, 0.29) is 5.69 Å². The standard InChI is InChI=1S/C13H11F3N4O3/c1-7-11(20(22)23)10(18-19(7)2)12(21)17-9-6-4-3-5-8(9)13(14,15)16/h3-6H,1-2H3,(H,17,21). The van der Waals surface area contributed by atoms with Crippen LogP contribution in [0.5, 0.6) is 0 Å². The molecule has 7 nitrogen and oxygen atoms in total. The van der Waals surface area contributed by atoms with Crippen molar-refractivity contribution < 1.29 is 22.9 Å². The van der Waals surface area contributed by atoms with Gasteiger partial charge in [0.1, 0.15) is 5.69 Å². The highest BCUT2D eigenvalue weighted by Gasteiger charge is 2.35. The number of anilines is 1. The fraction of sp³-hybridized carbons (Fsp3) is 0.231.